The first kappa shape index (κ1) is 12.7. The zero-order valence-electron chi connectivity index (χ0n) is 8.75. The Kier molecular flexibility index (Phi) is 3.95. The Morgan fingerprint density at radius 3 is 1.94 bits per heavy atom. The summed E-state index contributed by atoms with van der Waals surface area (Å²) in [6.45, 7) is 0. The molecule has 2 aromatic rings. The van der Waals surface area contributed by atoms with E-state index in [-0.39, 0.29) is 0 Å². The van der Waals surface area contributed by atoms with Crippen LogP contribution in [0.15, 0.2) is 36.4 Å². The molecule has 0 fully saturated rings. The molecule has 17 heavy (non-hydrogen) atoms. The summed E-state index contributed by atoms with van der Waals surface area (Å²) in [7, 11) is 0. The summed E-state index contributed by atoms with van der Waals surface area (Å²) >= 11 is 1.64. The van der Waals surface area contributed by atoms with E-state index in [1.54, 1.807) is 59.4 Å². The minimum absolute atomic E-state index is 0.441. The highest BCUT2D eigenvalue weighted by Gasteiger charge is 2.08. The van der Waals surface area contributed by atoms with Gasteiger partial charge in [0.15, 0.2) is 12.6 Å². The fraction of sp³-hybridized carbons (Fsp3) is 0.167. The van der Waals surface area contributed by atoms with Crippen LogP contribution < -0.4 is 0 Å². The number of rotatable bonds is 3. The Hall–Kier alpha value is -0.730. The molecule has 0 amide bonds. The highest BCUT2D eigenvalue weighted by Crippen LogP contribution is 2.24. The Morgan fingerprint density at radius 1 is 0.882 bits per heavy atom. The lowest BCUT2D eigenvalue weighted by molar-refractivity contribution is -0.0423. The number of hydrogen-bond acceptors (Lipinski definition) is 4. The molecule has 0 aromatic heterocycles. The Labute approximate surface area is 112 Å². The minimum Gasteiger partial charge on any atom is -0.364 e. The molecule has 4 nitrogen and oxygen atoms in total. The Bertz CT molecular complexity index is 527. The molecule has 0 saturated carbocycles. The molecule has 5 heteroatoms. The van der Waals surface area contributed by atoms with Gasteiger partial charge in [0.05, 0.1) is 0 Å². The monoisotopic (exact) mass is 346 g/mol. The number of hydrogen-bond donors (Lipinski definition) is 3. The van der Waals surface area contributed by atoms with Gasteiger partial charge in [-0.05, 0) is 22.9 Å². The summed E-state index contributed by atoms with van der Waals surface area (Å²) in [6, 6.07) is 10.4. The fourth-order valence-corrected chi connectivity index (χ4v) is 1.94. The van der Waals surface area contributed by atoms with Crippen molar-refractivity contribution in [3.8, 4) is 0 Å². The second-order valence-electron chi connectivity index (χ2n) is 3.68. The molecule has 0 saturated heterocycles. The second kappa shape index (κ2) is 5.28. The smallest absolute Gasteiger partial charge is 0.192 e. The maximum atomic E-state index is 9.52. The summed E-state index contributed by atoms with van der Waals surface area (Å²) < 4.78 is 4.79. The molecule has 0 heterocycles. The van der Waals surface area contributed by atoms with E-state index in [2.05, 4.69) is 0 Å². The van der Waals surface area contributed by atoms with E-state index >= 15 is 0 Å². The first-order valence-corrected chi connectivity index (χ1v) is 5.85. The minimum atomic E-state index is -1.47. The standard InChI is InChI=1S/C12H11IO4/c13-17-12(16)10-4-2-7-5-9(11(14)15)3-1-8(7)6-10/h1-6,11-12,14-16H. The molecule has 2 rings (SSSR count). The lowest BCUT2D eigenvalue weighted by Gasteiger charge is -2.09. The number of aliphatic hydroxyl groups excluding tert-OH is 2. The second-order valence-corrected chi connectivity index (χ2v) is 4.19. The predicted octanol–water partition coefficient (Wildman–Crippen LogP) is 2.18. The fourth-order valence-electron chi connectivity index (χ4n) is 1.65. The van der Waals surface area contributed by atoms with E-state index in [0.717, 1.165) is 10.8 Å². The highest BCUT2D eigenvalue weighted by atomic mass is 127. The van der Waals surface area contributed by atoms with Crippen molar-refractivity contribution in [2.24, 2.45) is 0 Å². The molecule has 0 bridgehead atoms. The highest BCUT2D eigenvalue weighted by molar-refractivity contribution is 14.1. The van der Waals surface area contributed by atoms with Gasteiger partial charge in [0.1, 0.15) is 23.0 Å². The summed E-state index contributed by atoms with van der Waals surface area (Å²) in [4.78, 5) is 0. The molecule has 2 aromatic carbocycles. The van der Waals surface area contributed by atoms with Gasteiger partial charge >= 0.3 is 0 Å². The molecule has 0 aliphatic heterocycles. The van der Waals surface area contributed by atoms with Crippen LogP contribution in [-0.4, -0.2) is 15.3 Å². The van der Waals surface area contributed by atoms with Crippen LogP contribution in [0.25, 0.3) is 10.8 Å². The normalized spacial score (nSPS) is 13.2. The molecular formula is C12H11IO4. The van der Waals surface area contributed by atoms with Crippen molar-refractivity contribution in [1.82, 2.24) is 0 Å². The van der Waals surface area contributed by atoms with Gasteiger partial charge in [-0.3, -0.25) is 3.07 Å². The Balaban J connectivity index is 2.46. The average molecular weight is 346 g/mol. The van der Waals surface area contributed by atoms with Gasteiger partial charge in [-0.15, -0.1) is 0 Å². The molecule has 3 N–H and O–H groups in total. The first-order valence-electron chi connectivity index (χ1n) is 4.97. The first-order chi connectivity index (χ1) is 8.11. The summed E-state index contributed by atoms with van der Waals surface area (Å²) in [6.07, 6.45) is -2.43. The maximum Gasteiger partial charge on any atom is 0.192 e. The van der Waals surface area contributed by atoms with Crippen LogP contribution in [0.1, 0.15) is 23.7 Å². The van der Waals surface area contributed by atoms with Crippen molar-refractivity contribution in [2.75, 3.05) is 0 Å². The molecule has 0 aliphatic rings. The van der Waals surface area contributed by atoms with Gasteiger partial charge in [0, 0.05) is 11.1 Å². The largest absolute Gasteiger partial charge is 0.364 e. The van der Waals surface area contributed by atoms with Gasteiger partial charge < -0.3 is 15.3 Å². The molecule has 1 unspecified atom stereocenters. The van der Waals surface area contributed by atoms with Crippen molar-refractivity contribution in [2.45, 2.75) is 12.6 Å². The van der Waals surface area contributed by atoms with Gasteiger partial charge in [-0.1, -0.05) is 24.3 Å². The third kappa shape index (κ3) is 2.75. The van der Waals surface area contributed by atoms with Crippen molar-refractivity contribution >= 4 is 33.8 Å². The molecule has 0 aliphatic carbocycles. The van der Waals surface area contributed by atoms with Crippen molar-refractivity contribution in [3.63, 3.8) is 0 Å². The van der Waals surface area contributed by atoms with E-state index in [1.165, 1.54) is 0 Å². The van der Waals surface area contributed by atoms with Crippen LogP contribution in [-0.2, 0) is 3.07 Å². The van der Waals surface area contributed by atoms with Crippen LogP contribution in [0.2, 0.25) is 0 Å². The van der Waals surface area contributed by atoms with Gasteiger partial charge in [-0.25, -0.2) is 0 Å². The number of benzene rings is 2. The van der Waals surface area contributed by atoms with Crippen LogP contribution in [0.5, 0.6) is 0 Å². The number of halogens is 1. The zero-order valence-corrected chi connectivity index (χ0v) is 10.9. The van der Waals surface area contributed by atoms with E-state index in [0.29, 0.717) is 11.1 Å². The van der Waals surface area contributed by atoms with Gasteiger partial charge in [0.2, 0.25) is 0 Å². The number of fused-ring (bicyclic) bond motifs is 1. The van der Waals surface area contributed by atoms with E-state index in [1.807, 2.05) is 0 Å². The van der Waals surface area contributed by atoms with Crippen molar-refractivity contribution in [1.29, 1.82) is 0 Å². The van der Waals surface area contributed by atoms with E-state index in [4.69, 9.17) is 13.3 Å². The van der Waals surface area contributed by atoms with Crippen LogP contribution in [0, 0.1) is 0 Å². The third-order valence-electron chi connectivity index (χ3n) is 2.56. The van der Waals surface area contributed by atoms with E-state index in [9.17, 15) is 5.11 Å². The zero-order chi connectivity index (χ0) is 12.4. The van der Waals surface area contributed by atoms with Gasteiger partial charge in [0.25, 0.3) is 0 Å². The van der Waals surface area contributed by atoms with E-state index < -0.39 is 12.6 Å². The molecule has 0 radical (unpaired) electrons. The number of aliphatic hydroxyl groups is 3. The SMILES string of the molecule is OC(O)c1ccc2cc(C(O)OI)ccc2c1. The molecule has 0 spiro atoms. The predicted molar refractivity (Wildman–Crippen MR) is 71.2 cm³/mol. The topological polar surface area (TPSA) is 69.9 Å². The van der Waals surface area contributed by atoms with Gasteiger partial charge in [-0.2, -0.15) is 0 Å². The lowest BCUT2D eigenvalue weighted by Crippen LogP contribution is -1.97. The summed E-state index contributed by atoms with van der Waals surface area (Å²) in [5.74, 6) is 0. The van der Waals surface area contributed by atoms with Crippen molar-refractivity contribution < 1.29 is 18.4 Å². The maximum absolute atomic E-state index is 9.52. The van der Waals surface area contributed by atoms with Crippen molar-refractivity contribution in [3.05, 3.63) is 47.5 Å². The molecule has 90 valence electrons. The summed E-state index contributed by atoms with van der Waals surface area (Å²) in [5.41, 5.74) is 1.10. The average Bonchev–Trinajstić information content (AvgIpc) is 2.36. The van der Waals surface area contributed by atoms with Crippen LogP contribution in [0.4, 0.5) is 0 Å². The Morgan fingerprint density at radius 2 is 1.41 bits per heavy atom. The molecule has 1 atom stereocenters. The molecular weight excluding hydrogens is 335 g/mol. The summed E-state index contributed by atoms with van der Waals surface area (Å²) in [5, 5.41) is 29.4. The quantitative estimate of drug-likeness (QED) is 0.589. The third-order valence-corrected chi connectivity index (χ3v) is 3.04. The van der Waals surface area contributed by atoms with Crippen LogP contribution >= 0.6 is 23.0 Å². The van der Waals surface area contributed by atoms with Crippen LogP contribution in [0.3, 0.4) is 0 Å². The lowest BCUT2D eigenvalue weighted by atomic mass is 10.0.